The van der Waals surface area contributed by atoms with Gasteiger partial charge in [0.1, 0.15) is 17.1 Å². The van der Waals surface area contributed by atoms with E-state index in [0.29, 0.717) is 12.4 Å². The molecule has 5 aromatic rings. The van der Waals surface area contributed by atoms with Crippen LogP contribution >= 0.6 is 0 Å². The molecule has 0 atom stereocenters. The molecule has 8 heteroatoms. The Morgan fingerprint density at radius 3 is 2.59 bits per heavy atom. The molecular formula is C33H32N4O4. The maximum absolute atomic E-state index is 12.2. The molecule has 0 spiro atoms. The first-order valence-electron chi connectivity index (χ1n) is 13.8. The van der Waals surface area contributed by atoms with Gasteiger partial charge in [0, 0.05) is 42.0 Å². The van der Waals surface area contributed by atoms with Crippen molar-refractivity contribution in [2.45, 2.75) is 52.6 Å². The number of hydrogen-bond acceptors (Lipinski definition) is 7. The zero-order valence-corrected chi connectivity index (χ0v) is 23.6. The van der Waals surface area contributed by atoms with Gasteiger partial charge in [0.05, 0.1) is 24.1 Å². The van der Waals surface area contributed by atoms with E-state index in [1.54, 1.807) is 12.4 Å². The fourth-order valence-corrected chi connectivity index (χ4v) is 5.55. The summed E-state index contributed by atoms with van der Waals surface area (Å²) in [6.07, 6.45) is 6.63. The number of nitrogens with zero attached hydrogens (tertiary/aromatic N) is 3. The van der Waals surface area contributed by atoms with Gasteiger partial charge in [-0.05, 0) is 77.9 Å². The van der Waals surface area contributed by atoms with Gasteiger partial charge in [-0.1, -0.05) is 25.1 Å². The molecule has 41 heavy (non-hydrogen) atoms. The van der Waals surface area contributed by atoms with Crippen molar-refractivity contribution >= 4 is 33.6 Å². The summed E-state index contributed by atoms with van der Waals surface area (Å²) in [5.41, 5.74) is 12.1. The fraction of sp³-hybridized carbons (Fsp3) is 0.273. The Morgan fingerprint density at radius 1 is 1.07 bits per heavy atom. The SMILES string of the molecule is CCC(C)(C)Oc1cc2c3c(ccnc3c1-c1c(CC(=O)O)c(C)cc3cc(-c4cnc(N)nc4)ccc13)CCO2. The van der Waals surface area contributed by atoms with E-state index in [-0.39, 0.29) is 12.4 Å². The Morgan fingerprint density at radius 2 is 1.85 bits per heavy atom. The molecule has 0 unspecified atom stereocenters. The highest BCUT2D eigenvalue weighted by molar-refractivity contribution is 6.11. The van der Waals surface area contributed by atoms with Crippen LogP contribution < -0.4 is 15.2 Å². The monoisotopic (exact) mass is 548 g/mol. The lowest BCUT2D eigenvalue weighted by atomic mass is 9.85. The van der Waals surface area contributed by atoms with Crippen LogP contribution in [0.5, 0.6) is 11.5 Å². The third-order valence-electron chi connectivity index (χ3n) is 7.95. The number of carboxylic acid groups (broad SMARTS) is 1. The maximum Gasteiger partial charge on any atom is 0.307 e. The number of anilines is 1. The third kappa shape index (κ3) is 4.79. The minimum atomic E-state index is -0.903. The summed E-state index contributed by atoms with van der Waals surface area (Å²) in [7, 11) is 0. The number of nitrogens with two attached hydrogens (primary N) is 1. The molecule has 8 nitrogen and oxygen atoms in total. The summed E-state index contributed by atoms with van der Waals surface area (Å²) in [5, 5.41) is 12.8. The number of hydrogen-bond donors (Lipinski definition) is 2. The number of aliphatic carboxylic acids is 1. The number of pyridine rings is 1. The first-order chi connectivity index (χ1) is 19.6. The molecule has 1 aliphatic rings. The molecule has 208 valence electrons. The quantitative estimate of drug-likeness (QED) is 0.235. The number of aromatic nitrogens is 3. The summed E-state index contributed by atoms with van der Waals surface area (Å²) in [6, 6.07) is 12.1. The summed E-state index contributed by atoms with van der Waals surface area (Å²) in [6.45, 7) is 8.71. The van der Waals surface area contributed by atoms with Gasteiger partial charge in [-0.15, -0.1) is 0 Å². The molecule has 0 radical (unpaired) electrons. The van der Waals surface area contributed by atoms with E-state index < -0.39 is 11.6 Å². The molecule has 0 saturated heterocycles. The smallest absolute Gasteiger partial charge is 0.307 e. The van der Waals surface area contributed by atoms with E-state index in [0.717, 1.165) is 79.2 Å². The minimum absolute atomic E-state index is 0.138. The first-order valence-corrected chi connectivity index (χ1v) is 13.8. The van der Waals surface area contributed by atoms with Crippen molar-refractivity contribution in [3.8, 4) is 33.8 Å². The average Bonchev–Trinajstić information content (AvgIpc) is 2.94. The summed E-state index contributed by atoms with van der Waals surface area (Å²) in [4.78, 5) is 25.4. The molecule has 3 heterocycles. The number of benzene rings is 3. The van der Waals surface area contributed by atoms with E-state index in [4.69, 9.17) is 20.2 Å². The van der Waals surface area contributed by atoms with Gasteiger partial charge in [0.15, 0.2) is 0 Å². The summed E-state index contributed by atoms with van der Waals surface area (Å²) in [5.74, 6) is 0.676. The lowest BCUT2D eigenvalue weighted by Gasteiger charge is -2.30. The molecular weight excluding hydrogens is 516 g/mol. The van der Waals surface area contributed by atoms with Crippen LogP contribution in [-0.4, -0.2) is 38.2 Å². The van der Waals surface area contributed by atoms with Crippen LogP contribution in [0.4, 0.5) is 5.95 Å². The van der Waals surface area contributed by atoms with Crippen LogP contribution in [0.25, 0.3) is 43.9 Å². The van der Waals surface area contributed by atoms with Gasteiger partial charge in [-0.2, -0.15) is 0 Å². The highest BCUT2D eigenvalue weighted by atomic mass is 16.5. The van der Waals surface area contributed by atoms with Gasteiger partial charge < -0.3 is 20.3 Å². The van der Waals surface area contributed by atoms with Crippen molar-refractivity contribution in [2.75, 3.05) is 12.3 Å². The van der Waals surface area contributed by atoms with Crippen LogP contribution in [0.2, 0.25) is 0 Å². The largest absolute Gasteiger partial charge is 0.492 e. The molecule has 1 aliphatic heterocycles. The third-order valence-corrected chi connectivity index (χ3v) is 7.95. The van der Waals surface area contributed by atoms with Crippen LogP contribution in [0.3, 0.4) is 0 Å². The highest BCUT2D eigenvalue weighted by Gasteiger charge is 2.29. The van der Waals surface area contributed by atoms with Crippen molar-refractivity contribution in [2.24, 2.45) is 0 Å². The number of aryl methyl sites for hydroxylation is 1. The van der Waals surface area contributed by atoms with Gasteiger partial charge in [0.2, 0.25) is 5.95 Å². The zero-order chi connectivity index (χ0) is 28.9. The van der Waals surface area contributed by atoms with E-state index in [9.17, 15) is 9.90 Å². The molecule has 0 aliphatic carbocycles. The van der Waals surface area contributed by atoms with Gasteiger partial charge in [-0.3, -0.25) is 9.78 Å². The number of nitrogen functional groups attached to an aromatic ring is 1. The number of rotatable bonds is 7. The zero-order valence-electron chi connectivity index (χ0n) is 23.6. The first kappa shape index (κ1) is 26.5. The molecule has 3 N–H and O–H groups in total. The molecule has 6 rings (SSSR count). The van der Waals surface area contributed by atoms with E-state index in [2.05, 4.69) is 23.0 Å². The van der Waals surface area contributed by atoms with Crippen LogP contribution in [0.1, 0.15) is 43.9 Å². The van der Waals surface area contributed by atoms with Crippen LogP contribution in [0.15, 0.2) is 55.0 Å². The Kier molecular flexibility index (Phi) is 6.49. The Labute approximate surface area is 238 Å². The second-order valence-electron chi connectivity index (χ2n) is 11.1. The molecule has 0 fully saturated rings. The second kappa shape index (κ2) is 10.0. The van der Waals surface area contributed by atoms with Gasteiger partial charge in [0.25, 0.3) is 0 Å². The van der Waals surface area contributed by atoms with Crippen molar-refractivity contribution in [3.05, 3.63) is 71.7 Å². The minimum Gasteiger partial charge on any atom is -0.492 e. The Balaban J connectivity index is 1.72. The molecule has 2 aromatic heterocycles. The molecule has 0 saturated carbocycles. The van der Waals surface area contributed by atoms with Crippen molar-refractivity contribution in [1.29, 1.82) is 0 Å². The Bertz CT molecular complexity index is 1830. The van der Waals surface area contributed by atoms with Gasteiger partial charge >= 0.3 is 5.97 Å². The standard InChI is InChI=1S/C33H32N4O4/c1-5-33(3,4)41-26-15-25-28-19(9-11-40-25)8-10-35-31(28)30(26)29-23-7-6-20(22-16-36-32(34)37-17-22)13-21(23)12-18(2)24(29)14-27(38)39/h6-8,10,12-13,15-17H,5,9,11,14H2,1-4H3,(H,38,39)(H2,34,36,37). The number of ether oxygens (including phenoxy) is 2. The lowest BCUT2D eigenvalue weighted by molar-refractivity contribution is -0.136. The number of carbonyl (C=O) groups is 1. The van der Waals surface area contributed by atoms with Crippen molar-refractivity contribution < 1.29 is 19.4 Å². The molecule has 0 bridgehead atoms. The molecule has 3 aromatic carbocycles. The maximum atomic E-state index is 12.2. The van der Waals surface area contributed by atoms with E-state index >= 15 is 0 Å². The topological polar surface area (TPSA) is 120 Å². The second-order valence-corrected chi connectivity index (χ2v) is 11.1. The van der Waals surface area contributed by atoms with E-state index in [1.807, 2.05) is 57.3 Å². The highest BCUT2D eigenvalue weighted by Crippen LogP contribution is 2.49. The average molecular weight is 549 g/mol. The fourth-order valence-electron chi connectivity index (χ4n) is 5.55. The predicted molar refractivity (Wildman–Crippen MR) is 160 cm³/mol. The van der Waals surface area contributed by atoms with Crippen LogP contribution in [-0.2, 0) is 17.6 Å². The predicted octanol–water partition coefficient (Wildman–Crippen LogP) is 6.53. The van der Waals surface area contributed by atoms with Gasteiger partial charge in [-0.25, -0.2) is 9.97 Å². The summed E-state index contributed by atoms with van der Waals surface area (Å²) >= 11 is 0. The lowest BCUT2D eigenvalue weighted by Crippen LogP contribution is -2.27. The van der Waals surface area contributed by atoms with Crippen molar-refractivity contribution in [1.82, 2.24) is 15.0 Å². The van der Waals surface area contributed by atoms with Crippen LogP contribution in [0, 0.1) is 6.92 Å². The van der Waals surface area contributed by atoms with E-state index in [1.165, 1.54) is 0 Å². The van der Waals surface area contributed by atoms with Crippen molar-refractivity contribution in [3.63, 3.8) is 0 Å². The number of fused-ring (bicyclic) bond motifs is 1. The normalized spacial score (nSPS) is 12.9. The number of carboxylic acids is 1. The summed E-state index contributed by atoms with van der Waals surface area (Å²) < 4.78 is 12.8. The Hall–Kier alpha value is -4.72. The molecule has 0 amide bonds.